The van der Waals surface area contributed by atoms with Gasteiger partial charge in [0, 0.05) is 23.0 Å². The molecule has 1 amide bonds. The summed E-state index contributed by atoms with van der Waals surface area (Å²) in [6, 6.07) is 25.9. The van der Waals surface area contributed by atoms with Crippen LogP contribution in [-0.4, -0.2) is 19.1 Å². The van der Waals surface area contributed by atoms with Crippen LogP contribution in [0.1, 0.15) is 35.3 Å². The highest BCUT2D eigenvalue weighted by Gasteiger charge is 2.34. The number of hydrogen-bond donors (Lipinski definition) is 1. The number of carbonyl (C=O) groups is 1. The molecule has 0 unspecified atom stereocenters. The Balaban J connectivity index is 1.68. The second kappa shape index (κ2) is 7.77. The van der Waals surface area contributed by atoms with Crippen LogP contribution in [0.2, 0.25) is 0 Å². The maximum Gasteiger partial charge on any atom is 0.258 e. The number of nitrogens with one attached hydrogen (secondary N) is 1. The summed E-state index contributed by atoms with van der Waals surface area (Å²) in [6.45, 7) is 2.10. The lowest BCUT2D eigenvalue weighted by atomic mass is 9.90. The molecule has 3 aromatic rings. The Morgan fingerprint density at radius 3 is 2.54 bits per heavy atom. The van der Waals surface area contributed by atoms with Crippen molar-refractivity contribution in [2.75, 3.05) is 17.3 Å². The van der Waals surface area contributed by atoms with Gasteiger partial charge in [0.15, 0.2) is 0 Å². The summed E-state index contributed by atoms with van der Waals surface area (Å²) in [4.78, 5) is 15.3. The van der Waals surface area contributed by atoms with Crippen molar-refractivity contribution in [1.82, 2.24) is 0 Å². The van der Waals surface area contributed by atoms with E-state index in [1.54, 1.807) is 13.2 Å². The zero-order valence-corrected chi connectivity index (χ0v) is 16.1. The molecule has 0 aliphatic carbocycles. The van der Waals surface area contributed by atoms with Gasteiger partial charge in [0.1, 0.15) is 5.75 Å². The maximum absolute atomic E-state index is 13.4. The van der Waals surface area contributed by atoms with Crippen molar-refractivity contribution in [3.8, 4) is 5.75 Å². The number of ether oxygens (including phenoxy) is 1. The number of rotatable bonds is 4. The molecule has 0 spiro atoms. The van der Waals surface area contributed by atoms with E-state index in [1.807, 2.05) is 59.5 Å². The number of hydrogen-bond acceptors (Lipinski definition) is 3. The van der Waals surface area contributed by atoms with Gasteiger partial charge in [0.05, 0.1) is 13.2 Å². The first-order valence-electron chi connectivity index (χ1n) is 9.55. The number of benzene rings is 3. The second-order valence-corrected chi connectivity index (χ2v) is 7.11. The smallest absolute Gasteiger partial charge is 0.258 e. The fourth-order valence-corrected chi connectivity index (χ4v) is 3.89. The second-order valence-electron chi connectivity index (χ2n) is 7.11. The molecule has 1 heterocycles. The van der Waals surface area contributed by atoms with E-state index >= 15 is 0 Å². The van der Waals surface area contributed by atoms with E-state index in [-0.39, 0.29) is 18.0 Å². The van der Waals surface area contributed by atoms with Gasteiger partial charge in [0.2, 0.25) is 0 Å². The van der Waals surface area contributed by atoms with Crippen molar-refractivity contribution in [3.63, 3.8) is 0 Å². The van der Waals surface area contributed by atoms with Crippen molar-refractivity contribution in [1.29, 1.82) is 0 Å². The predicted molar refractivity (Wildman–Crippen MR) is 113 cm³/mol. The number of anilines is 2. The van der Waals surface area contributed by atoms with Gasteiger partial charge >= 0.3 is 0 Å². The zero-order valence-electron chi connectivity index (χ0n) is 16.1. The fraction of sp³-hybridized carbons (Fsp3) is 0.208. The SMILES string of the molecule is COc1cccc(C(=O)N2c3ccccc3[C@H](Nc3ccccc3)C[C@@H]2C)c1. The van der Waals surface area contributed by atoms with Crippen molar-refractivity contribution in [3.05, 3.63) is 90.0 Å². The summed E-state index contributed by atoms with van der Waals surface area (Å²) in [6.07, 6.45) is 0.835. The van der Waals surface area contributed by atoms with E-state index in [0.29, 0.717) is 11.3 Å². The highest BCUT2D eigenvalue weighted by Crippen LogP contribution is 2.39. The van der Waals surface area contributed by atoms with Gasteiger partial charge in [-0.15, -0.1) is 0 Å². The third-order valence-electron chi connectivity index (χ3n) is 5.24. The molecular formula is C24H24N2O2. The monoisotopic (exact) mass is 372 g/mol. The number of fused-ring (bicyclic) bond motifs is 1. The first kappa shape index (κ1) is 18.1. The van der Waals surface area contributed by atoms with Gasteiger partial charge in [-0.05, 0) is 55.3 Å². The minimum atomic E-state index is -0.00277. The Labute approximate surface area is 165 Å². The maximum atomic E-state index is 13.4. The molecular weight excluding hydrogens is 348 g/mol. The number of carbonyl (C=O) groups excluding carboxylic acids is 1. The quantitative estimate of drug-likeness (QED) is 0.677. The Kier molecular flexibility index (Phi) is 5.02. The van der Waals surface area contributed by atoms with E-state index in [2.05, 4.69) is 30.4 Å². The largest absolute Gasteiger partial charge is 0.497 e. The molecule has 0 saturated carbocycles. The summed E-state index contributed by atoms with van der Waals surface area (Å²) < 4.78 is 5.29. The van der Waals surface area contributed by atoms with Crippen molar-refractivity contribution in [2.45, 2.75) is 25.4 Å². The van der Waals surface area contributed by atoms with Crippen LogP contribution in [0.4, 0.5) is 11.4 Å². The van der Waals surface area contributed by atoms with Gasteiger partial charge in [-0.1, -0.05) is 42.5 Å². The van der Waals surface area contributed by atoms with E-state index in [9.17, 15) is 4.79 Å². The summed E-state index contributed by atoms with van der Waals surface area (Å²) in [7, 11) is 1.61. The van der Waals surface area contributed by atoms with Crippen LogP contribution >= 0.6 is 0 Å². The predicted octanol–water partition coefficient (Wildman–Crippen LogP) is 5.29. The Bertz CT molecular complexity index is 971. The molecule has 0 bridgehead atoms. The molecule has 1 N–H and O–H groups in total. The van der Waals surface area contributed by atoms with Crippen molar-refractivity contribution >= 4 is 17.3 Å². The minimum absolute atomic E-state index is 0.00277. The molecule has 28 heavy (non-hydrogen) atoms. The molecule has 0 saturated heterocycles. The third kappa shape index (κ3) is 3.46. The molecule has 4 nitrogen and oxygen atoms in total. The first-order valence-corrected chi connectivity index (χ1v) is 9.55. The minimum Gasteiger partial charge on any atom is -0.497 e. The lowest BCUT2D eigenvalue weighted by molar-refractivity contribution is 0.0974. The highest BCUT2D eigenvalue weighted by atomic mass is 16.5. The van der Waals surface area contributed by atoms with Crippen molar-refractivity contribution in [2.24, 2.45) is 0 Å². The first-order chi connectivity index (χ1) is 13.7. The van der Waals surface area contributed by atoms with Crippen LogP contribution in [0.25, 0.3) is 0 Å². The summed E-state index contributed by atoms with van der Waals surface area (Å²) in [5, 5.41) is 3.63. The zero-order chi connectivity index (χ0) is 19.5. The average Bonchev–Trinajstić information content (AvgIpc) is 2.74. The topological polar surface area (TPSA) is 41.6 Å². The van der Waals surface area contributed by atoms with E-state index in [4.69, 9.17) is 4.74 Å². The number of amides is 1. The lowest BCUT2D eigenvalue weighted by Crippen LogP contribution is -2.44. The summed E-state index contributed by atoms with van der Waals surface area (Å²) in [5.74, 6) is 0.685. The standard InChI is InChI=1S/C24H24N2O2/c1-17-15-22(25-19-10-4-3-5-11-19)21-13-6-7-14-23(21)26(17)24(27)18-9-8-12-20(16-18)28-2/h3-14,16-17,22,25H,15H2,1-2H3/t17-,22+/m0/s1. The highest BCUT2D eigenvalue weighted by molar-refractivity contribution is 6.07. The van der Waals surface area contributed by atoms with Crippen LogP contribution in [0, 0.1) is 0 Å². The average molecular weight is 372 g/mol. The Morgan fingerprint density at radius 1 is 1.00 bits per heavy atom. The summed E-state index contributed by atoms with van der Waals surface area (Å²) in [5.41, 5.74) is 3.82. The molecule has 3 aromatic carbocycles. The van der Waals surface area contributed by atoms with E-state index in [1.165, 1.54) is 0 Å². The molecule has 4 heteroatoms. The molecule has 4 rings (SSSR count). The van der Waals surface area contributed by atoms with Gasteiger partial charge in [-0.25, -0.2) is 0 Å². The third-order valence-corrected chi connectivity index (χ3v) is 5.24. The molecule has 0 fully saturated rings. The Morgan fingerprint density at radius 2 is 1.75 bits per heavy atom. The van der Waals surface area contributed by atoms with Crippen LogP contribution in [0.3, 0.4) is 0 Å². The van der Waals surface area contributed by atoms with Crippen LogP contribution in [-0.2, 0) is 0 Å². The number of para-hydroxylation sites is 2. The van der Waals surface area contributed by atoms with Crippen LogP contribution < -0.4 is 15.0 Å². The van der Waals surface area contributed by atoms with Crippen LogP contribution in [0.15, 0.2) is 78.9 Å². The molecule has 142 valence electrons. The van der Waals surface area contributed by atoms with Crippen molar-refractivity contribution < 1.29 is 9.53 Å². The number of methoxy groups -OCH3 is 1. The molecule has 0 aromatic heterocycles. The molecule has 2 atom stereocenters. The fourth-order valence-electron chi connectivity index (χ4n) is 3.89. The van der Waals surface area contributed by atoms with Gasteiger partial charge in [0.25, 0.3) is 5.91 Å². The Hall–Kier alpha value is -3.27. The molecule has 1 aliphatic heterocycles. The van der Waals surface area contributed by atoms with E-state index < -0.39 is 0 Å². The van der Waals surface area contributed by atoms with Gasteiger partial charge in [-0.2, -0.15) is 0 Å². The molecule has 0 radical (unpaired) electrons. The summed E-state index contributed by atoms with van der Waals surface area (Å²) >= 11 is 0. The van der Waals surface area contributed by atoms with Gasteiger partial charge < -0.3 is 15.0 Å². The van der Waals surface area contributed by atoms with Gasteiger partial charge in [-0.3, -0.25) is 4.79 Å². The normalized spacial score (nSPS) is 18.3. The van der Waals surface area contributed by atoms with Crippen LogP contribution in [0.5, 0.6) is 5.75 Å². The molecule has 1 aliphatic rings. The number of nitrogens with zero attached hydrogens (tertiary/aromatic N) is 1. The van der Waals surface area contributed by atoms with E-state index in [0.717, 1.165) is 23.4 Å². The lowest BCUT2D eigenvalue weighted by Gasteiger charge is -2.40.